The summed E-state index contributed by atoms with van der Waals surface area (Å²) in [6.45, 7) is 6.74. The van der Waals surface area contributed by atoms with Crippen molar-refractivity contribution in [2.45, 2.75) is 32.7 Å². The Bertz CT molecular complexity index is 816. The number of carbonyl (C=O) groups is 1. The van der Waals surface area contributed by atoms with Gasteiger partial charge < -0.3 is 20.9 Å². The number of nitrogens with two attached hydrogens (primary N) is 1. The van der Waals surface area contributed by atoms with Crippen molar-refractivity contribution in [3.63, 3.8) is 0 Å². The number of hydrogen-bond donors (Lipinski definition) is 3. The Kier molecular flexibility index (Phi) is 3.53. The van der Waals surface area contributed by atoms with Gasteiger partial charge in [-0.15, -0.1) is 0 Å². The number of primary amides is 1. The molecule has 0 bridgehead atoms. The maximum absolute atomic E-state index is 15.0. The van der Waals surface area contributed by atoms with Gasteiger partial charge in [-0.05, 0) is 49.9 Å². The van der Waals surface area contributed by atoms with E-state index in [0.29, 0.717) is 23.2 Å². The van der Waals surface area contributed by atoms with Crippen LogP contribution in [0, 0.1) is 25.6 Å². The number of hydrogen-bond acceptors (Lipinski definition) is 3. The number of aryl methyl sites for hydroxylation is 2. The Hall–Kier alpha value is -2.08. The molecule has 4 rings (SSSR count). The number of nitrogens with one attached hydrogen (secondary N) is 2. The van der Waals surface area contributed by atoms with Crippen LogP contribution in [0.25, 0.3) is 10.9 Å². The molecule has 0 spiro atoms. The van der Waals surface area contributed by atoms with E-state index in [2.05, 4.69) is 15.2 Å². The molecular formula is C18H23FN4O. The van der Waals surface area contributed by atoms with Crippen molar-refractivity contribution in [2.24, 2.45) is 11.7 Å². The molecule has 2 aliphatic rings. The molecule has 0 unspecified atom stereocenters. The van der Waals surface area contributed by atoms with E-state index >= 15 is 4.39 Å². The third-order valence-corrected chi connectivity index (χ3v) is 5.63. The average molecular weight is 330 g/mol. The molecule has 1 amide bonds. The summed E-state index contributed by atoms with van der Waals surface area (Å²) in [5.74, 6) is -0.126. The van der Waals surface area contributed by atoms with Gasteiger partial charge in [0.1, 0.15) is 5.82 Å². The van der Waals surface area contributed by atoms with Crippen molar-refractivity contribution in [3.05, 3.63) is 28.7 Å². The summed E-state index contributed by atoms with van der Waals surface area (Å²) in [5.41, 5.74) is 9.51. The predicted octanol–water partition coefficient (Wildman–Crippen LogP) is 1.75. The molecule has 3 heterocycles. The van der Waals surface area contributed by atoms with Crippen LogP contribution in [0.2, 0.25) is 0 Å². The van der Waals surface area contributed by atoms with Crippen LogP contribution in [-0.2, 0) is 11.2 Å². The van der Waals surface area contributed by atoms with Crippen LogP contribution in [0.4, 0.5) is 10.1 Å². The molecule has 128 valence electrons. The fourth-order valence-corrected chi connectivity index (χ4v) is 4.34. The second-order valence-corrected chi connectivity index (χ2v) is 7.15. The standard InChI is InChI=1S/C18H23FN4O/c1-9-10(2)22-17-12(6-15(20)24)5-13(19)18(16(9)17)23-7-11-3-4-21-14(11)8-23/h5,11,14,21-22H,3-4,6-8H2,1-2H3,(H2,20,24)/t11-,14+/m1/s1. The molecule has 2 aromatic rings. The third-order valence-electron chi connectivity index (χ3n) is 5.63. The second kappa shape index (κ2) is 5.48. The first kappa shape index (κ1) is 15.4. The van der Waals surface area contributed by atoms with Crippen LogP contribution in [0.15, 0.2) is 6.07 Å². The Morgan fingerprint density at radius 1 is 1.42 bits per heavy atom. The smallest absolute Gasteiger partial charge is 0.221 e. The molecule has 2 fully saturated rings. The molecular weight excluding hydrogens is 307 g/mol. The third kappa shape index (κ3) is 2.28. The molecule has 2 saturated heterocycles. The molecule has 6 heteroatoms. The van der Waals surface area contributed by atoms with Crippen LogP contribution >= 0.6 is 0 Å². The van der Waals surface area contributed by atoms with Crippen molar-refractivity contribution in [1.29, 1.82) is 0 Å². The Labute approximate surface area is 140 Å². The van der Waals surface area contributed by atoms with Crippen LogP contribution in [0.1, 0.15) is 23.2 Å². The zero-order valence-corrected chi connectivity index (χ0v) is 14.1. The number of nitrogens with zero attached hydrogens (tertiary/aromatic N) is 1. The highest BCUT2D eigenvalue weighted by atomic mass is 19.1. The molecule has 2 atom stereocenters. The van der Waals surface area contributed by atoms with Gasteiger partial charge in [-0.3, -0.25) is 4.79 Å². The molecule has 4 N–H and O–H groups in total. The number of aromatic amines is 1. The van der Waals surface area contributed by atoms with E-state index in [-0.39, 0.29) is 12.2 Å². The molecule has 24 heavy (non-hydrogen) atoms. The molecule has 0 radical (unpaired) electrons. The lowest BCUT2D eigenvalue weighted by molar-refractivity contribution is -0.117. The van der Waals surface area contributed by atoms with E-state index < -0.39 is 5.91 Å². The summed E-state index contributed by atoms with van der Waals surface area (Å²) in [6, 6.07) is 1.92. The predicted molar refractivity (Wildman–Crippen MR) is 92.7 cm³/mol. The SMILES string of the molecule is Cc1[nH]c2c(CC(N)=O)cc(F)c(N3C[C@H]4CCN[C@H]4C3)c2c1C. The largest absolute Gasteiger partial charge is 0.369 e. The minimum atomic E-state index is -0.451. The maximum Gasteiger partial charge on any atom is 0.221 e. The quantitative estimate of drug-likeness (QED) is 0.803. The average Bonchev–Trinajstić information content (AvgIpc) is 3.15. The minimum absolute atomic E-state index is 0.0416. The normalized spacial score (nSPS) is 23.2. The number of anilines is 1. The van der Waals surface area contributed by atoms with E-state index in [4.69, 9.17) is 5.73 Å². The van der Waals surface area contributed by atoms with Crippen molar-refractivity contribution in [3.8, 4) is 0 Å². The number of rotatable bonds is 3. The van der Waals surface area contributed by atoms with Gasteiger partial charge in [0.25, 0.3) is 0 Å². The van der Waals surface area contributed by atoms with Crippen LogP contribution in [-0.4, -0.2) is 36.6 Å². The molecule has 5 nitrogen and oxygen atoms in total. The number of H-pyrrole nitrogens is 1. The summed E-state index contributed by atoms with van der Waals surface area (Å²) in [4.78, 5) is 16.8. The lowest BCUT2D eigenvalue weighted by Gasteiger charge is -2.23. The first-order valence-electron chi connectivity index (χ1n) is 8.52. The van der Waals surface area contributed by atoms with Gasteiger partial charge >= 0.3 is 0 Å². The van der Waals surface area contributed by atoms with Gasteiger partial charge in [-0.2, -0.15) is 0 Å². The Morgan fingerprint density at radius 3 is 2.92 bits per heavy atom. The Morgan fingerprint density at radius 2 is 2.21 bits per heavy atom. The van der Waals surface area contributed by atoms with Crippen LogP contribution in [0.3, 0.4) is 0 Å². The molecule has 0 saturated carbocycles. The van der Waals surface area contributed by atoms with E-state index in [9.17, 15) is 4.79 Å². The number of halogens is 1. The fourth-order valence-electron chi connectivity index (χ4n) is 4.34. The second-order valence-electron chi connectivity index (χ2n) is 7.15. The zero-order valence-electron chi connectivity index (χ0n) is 14.1. The first-order chi connectivity index (χ1) is 11.5. The van der Waals surface area contributed by atoms with Crippen molar-refractivity contribution in [1.82, 2.24) is 10.3 Å². The van der Waals surface area contributed by atoms with E-state index in [0.717, 1.165) is 48.2 Å². The van der Waals surface area contributed by atoms with Gasteiger partial charge in [0.05, 0.1) is 17.6 Å². The van der Waals surface area contributed by atoms with Gasteiger partial charge in [-0.1, -0.05) is 0 Å². The highest BCUT2D eigenvalue weighted by Gasteiger charge is 2.38. The number of fused-ring (bicyclic) bond motifs is 2. The fraction of sp³-hybridized carbons (Fsp3) is 0.500. The highest BCUT2D eigenvalue weighted by molar-refractivity contribution is 6.00. The number of aromatic nitrogens is 1. The lowest BCUT2D eigenvalue weighted by atomic mass is 10.0. The zero-order chi connectivity index (χ0) is 17.0. The summed E-state index contributed by atoms with van der Waals surface area (Å²) in [7, 11) is 0. The van der Waals surface area contributed by atoms with Gasteiger partial charge in [0, 0.05) is 30.2 Å². The summed E-state index contributed by atoms with van der Waals surface area (Å²) in [5, 5.41) is 4.40. The molecule has 0 aliphatic carbocycles. The summed E-state index contributed by atoms with van der Waals surface area (Å²) >= 11 is 0. The lowest BCUT2D eigenvalue weighted by Crippen LogP contribution is -2.30. The number of amides is 1. The van der Waals surface area contributed by atoms with E-state index in [1.165, 1.54) is 6.07 Å². The van der Waals surface area contributed by atoms with E-state index in [1.54, 1.807) is 0 Å². The maximum atomic E-state index is 15.0. The van der Waals surface area contributed by atoms with Gasteiger partial charge in [0.15, 0.2) is 0 Å². The number of carbonyl (C=O) groups excluding carboxylic acids is 1. The van der Waals surface area contributed by atoms with Gasteiger partial charge in [0.2, 0.25) is 5.91 Å². The van der Waals surface area contributed by atoms with Crippen molar-refractivity contribution >= 4 is 22.5 Å². The van der Waals surface area contributed by atoms with Gasteiger partial charge in [-0.25, -0.2) is 4.39 Å². The summed E-state index contributed by atoms with van der Waals surface area (Å²) < 4.78 is 15.0. The Balaban J connectivity index is 1.86. The monoisotopic (exact) mass is 330 g/mol. The number of benzene rings is 1. The minimum Gasteiger partial charge on any atom is -0.369 e. The summed E-state index contributed by atoms with van der Waals surface area (Å²) in [6.07, 6.45) is 1.19. The molecule has 1 aromatic carbocycles. The van der Waals surface area contributed by atoms with Crippen LogP contribution in [0.5, 0.6) is 0 Å². The molecule has 1 aromatic heterocycles. The van der Waals surface area contributed by atoms with Crippen molar-refractivity contribution in [2.75, 3.05) is 24.5 Å². The topological polar surface area (TPSA) is 74.2 Å². The first-order valence-corrected chi connectivity index (χ1v) is 8.52. The van der Waals surface area contributed by atoms with E-state index in [1.807, 2.05) is 13.8 Å². The van der Waals surface area contributed by atoms with Crippen LogP contribution < -0.4 is 16.0 Å². The molecule has 2 aliphatic heterocycles. The van der Waals surface area contributed by atoms with Crippen molar-refractivity contribution < 1.29 is 9.18 Å². The highest BCUT2D eigenvalue weighted by Crippen LogP contribution is 2.39.